The summed E-state index contributed by atoms with van der Waals surface area (Å²) in [7, 11) is 0. The van der Waals surface area contributed by atoms with Crippen molar-refractivity contribution in [1.29, 1.82) is 0 Å². The van der Waals surface area contributed by atoms with Gasteiger partial charge in [-0.1, -0.05) is 15.9 Å². The molecule has 0 aliphatic carbocycles. The summed E-state index contributed by atoms with van der Waals surface area (Å²) in [5, 5.41) is 5.35. The minimum absolute atomic E-state index is 0.749. The maximum Gasteiger partial charge on any atom is 0.0515 e. The maximum absolute atomic E-state index is 5.82. The predicted molar refractivity (Wildman–Crippen MR) is 77.9 cm³/mol. The van der Waals surface area contributed by atoms with Crippen molar-refractivity contribution in [2.24, 2.45) is 0 Å². The molecule has 0 aliphatic rings. The Morgan fingerprint density at radius 1 is 1.25 bits per heavy atom. The molecule has 5 heteroatoms. The Morgan fingerprint density at radius 2 is 2.06 bits per heavy atom. The van der Waals surface area contributed by atoms with Gasteiger partial charge in [-0.3, -0.25) is 0 Å². The molecule has 0 saturated carbocycles. The fourth-order valence-corrected chi connectivity index (χ4v) is 2.79. The van der Waals surface area contributed by atoms with Crippen molar-refractivity contribution in [3.8, 4) is 0 Å². The number of nitrogens with one attached hydrogen (secondary N) is 1. The molecule has 1 aromatic heterocycles. The van der Waals surface area contributed by atoms with Crippen molar-refractivity contribution in [2.45, 2.75) is 6.54 Å². The van der Waals surface area contributed by atoms with Gasteiger partial charge in [0.2, 0.25) is 0 Å². The first-order chi connectivity index (χ1) is 7.66. The number of rotatable bonds is 3. The van der Waals surface area contributed by atoms with Crippen LogP contribution < -0.4 is 11.1 Å². The number of halogens is 2. The molecule has 0 radical (unpaired) electrons. The molecule has 0 aliphatic heterocycles. The summed E-state index contributed by atoms with van der Waals surface area (Å²) in [5.41, 5.74) is 7.73. The van der Waals surface area contributed by atoms with Gasteiger partial charge in [0.15, 0.2) is 0 Å². The van der Waals surface area contributed by atoms with Gasteiger partial charge in [0.05, 0.1) is 6.54 Å². The third-order valence-corrected chi connectivity index (χ3v) is 4.27. The van der Waals surface area contributed by atoms with Gasteiger partial charge >= 0.3 is 0 Å². The van der Waals surface area contributed by atoms with Gasteiger partial charge < -0.3 is 11.1 Å². The van der Waals surface area contributed by atoms with Gasteiger partial charge in [-0.15, -0.1) is 11.3 Å². The number of hydrogen-bond acceptors (Lipinski definition) is 3. The van der Waals surface area contributed by atoms with E-state index in [0.717, 1.165) is 31.7 Å². The highest BCUT2D eigenvalue weighted by Crippen LogP contribution is 2.28. The van der Waals surface area contributed by atoms with Crippen LogP contribution in [0.25, 0.3) is 0 Å². The second-order valence-electron chi connectivity index (χ2n) is 3.28. The van der Waals surface area contributed by atoms with Gasteiger partial charge in [-0.25, -0.2) is 0 Å². The van der Waals surface area contributed by atoms with Crippen LogP contribution in [-0.4, -0.2) is 0 Å². The number of benzene rings is 1. The summed E-state index contributed by atoms with van der Waals surface area (Å²) in [4.78, 5) is 1.16. The molecule has 0 bridgehead atoms. The van der Waals surface area contributed by atoms with Gasteiger partial charge in [0.25, 0.3) is 0 Å². The summed E-state index contributed by atoms with van der Waals surface area (Å²) in [6.45, 7) is 0.749. The largest absolute Gasteiger partial charge is 0.398 e. The lowest BCUT2D eigenvalue weighted by Crippen LogP contribution is -2.00. The van der Waals surface area contributed by atoms with E-state index in [1.807, 2.05) is 29.6 Å². The monoisotopic (exact) mass is 360 g/mol. The zero-order chi connectivity index (χ0) is 11.5. The molecule has 84 valence electrons. The number of nitrogens with two attached hydrogens (primary N) is 1. The van der Waals surface area contributed by atoms with E-state index in [-0.39, 0.29) is 0 Å². The van der Waals surface area contributed by atoms with Crippen molar-refractivity contribution in [3.63, 3.8) is 0 Å². The van der Waals surface area contributed by atoms with Crippen molar-refractivity contribution >= 4 is 54.6 Å². The third kappa shape index (κ3) is 2.78. The van der Waals surface area contributed by atoms with Crippen molar-refractivity contribution in [1.82, 2.24) is 0 Å². The summed E-state index contributed by atoms with van der Waals surface area (Å²) in [6, 6.07) is 7.96. The molecule has 2 aromatic rings. The molecular formula is C11H10Br2N2S. The fraction of sp³-hybridized carbons (Fsp3) is 0.0909. The minimum atomic E-state index is 0.749. The number of nitrogen functional groups attached to an aromatic ring is 1. The van der Waals surface area contributed by atoms with Crippen molar-refractivity contribution in [3.05, 3.63) is 43.5 Å². The van der Waals surface area contributed by atoms with E-state index in [2.05, 4.69) is 37.2 Å². The molecule has 1 aromatic carbocycles. The second-order valence-corrected chi connectivity index (χ2v) is 6.05. The molecule has 3 N–H and O–H groups in total. The Morgan fingerprint density at radius 3 is 2.75 bits per heavy atom. The van der Waals surface area contributed by atoms with E-state index in [1.165, 1.54) is 0 Å². The minimum Gasteiger partial charge on any atom is -0.398 e. The maximum atomic E-state index is 5.82. The van der Waals surface area contributed by atoms with Gasteiger partial charge in [0, 0.05) is 25.2 Å². The summed E-state index contributed by atoms with van der Waals surface area (Å²) in [6.07, 6.45) is 0. The van der Waals surface area contributed by atoms with E-state index >= 15 is 0 Å². The van der Waals surface area contributed by atoms with E-state index in [4.69, 9.17) is 5.73 Å². The molecule has 1 heterocycles. The van der Waals surface area contributed by atoms with Gasteiger partial charge in [-0.2, -0.15) is 0 Å². The van der Waals surface area contributed by atoms with Crippen LogP contribution in [0.4, 0.5) is 11.4 Å². The summed E-state index contributed by atoms with van der Waals surface area (Å²) in [5.74, 6) is 0. The van der Waals surface area contributed by atoms with Crippen molar-refractivity contribution < 1.29 is 0 Å². The van der Waals surface area contributed by atoms with Crippen LogP contribution in [0, 0.1) is 0 Å². The Bertz CT molecular complexity index is 496. The first-order valence-electron chi connectivity index (χ1n) is 4.67. The SMILES string of the molecule is Nc1ccsc1CNc1cc(Br)ccc1Br. The third-order valence-electron chi connectivity index (χ3n) is 2.15. The lowest BCUT2D eigenvalue weighted by Gasteiger charge is -2.08. The number of thiophene rings is 1. The zero-order valence-corrected chi connectivity index (χ0v) is 12.3. The van der Waals surface area contributed by atoms with E-state index in [9.17, 15) is 0 Å². The smallest absolute Gasteiger partial charge is 0.0515 e. The first kappa shape index (κ1) is 12.0. The van der Waals surface area contributed by atoms with E-state index < -0.39 is 0 Å². The van der Waals surface area contributed by atoms with Crippen LogP contribution >= 0.6 is 43.2 Å². The molecule has 2 nitrogen and oxygen atoms in total. The van der Waals surface area contributed by atoms with Crippen LogP contribution in [0.5, 0.6) is 0 Å². The van der Waals surface area contributed by atoms with E-state index in [1.54, 1.807) is 11.3 Å². The highest BCUT2D eigenvalue weighted by atomic mass is 79.9. The highest BCUT2D eigenvalue weighted by molar-refractivity contribution is 9.11. The normalized spacial score (nSPS) is 10.4. The fourth-order valence-electron chi connectivity index (χ4n) is 1.30. The number of anilines is 2. The zero-order valence-electron chi connectivity index (χ0n) is 8.34. The second kappa shape index (κ2) is 5.21. The molecule has 16 heavy (non-hydrogen) atoms. The molecule has 2 rings (SSSR count). The molecule has 0 saturated heterocycles. The van der Waals surface area contributed by atoms with Gasteiger partial charge in [0.1, 0.15) is 0 Å². The number of hydrogen-bond donors (Lipinski definition) is 2. The molecule has 0 spiro atoms. The van der Waals surface area contributed by atoms with Crippen molar-refractivity contribution in [2.75, 3.05) is 11.1 Å². The van der Waals surface area contributed by atoms with Crippen LogP contribution in [0.1, 0.15) is 4.88 Å². The van der Waals surface area contributed by atoms with Gasteiger partial charge in [-0.05, 0) is 45.6 Å². The average Bonchev–Trinajstić information content (AvgIpc) is 2.66. The standard InChI is InChI=1S/C11H10Br2N2S/c12-7-1-2-8(13)10(5-7)15-6-11-9(14)3-4-16-11/h1-5,15H,6,14H2. The lowest BCUT2D eigenvalue weighted by molar-refractivity contribution is 1.19. The first-order valence-corrected chi connectivity index (χ1v) is 7.14. The van der Waals surface area contributed by atoms with Crippen LogP contribution in [0.15, 0.2) is 38.6 Å². The molecule has 0 unspecified atom stereocenters. The van der Waals surface area contributed by atoms with E-state index in [0.29, 0.717) is 0 Å². The predicted octanol–water partition coefficient (Wildman–Crippen LogP) is 4.47. The quantitative estimate of drug-likeness (QED) is 0.846. The summed E-state index contributed by atoms with van der Waals surface area (Å²) < 4.78 is 2.10. The highest BCUT2D eigenvalue weighted by Gasteiger charge is 2.03. The molecule has 0 fully saturated rings. The Labute approximate surface area is 115 Å². The Hall–Kier alpha value is -0.520. The molecule has 0 atom stereocenters. The topological polar surface area (TPSA) is 38.0 Å². The molecular weight excluding hydrogens is 352 g/mol. The van der Waals surface area contributed by atoms with Crippen LogP contribution in [0.2, 0.25) is 0 Å². The molecule has 0 amide bonds. The van der Waals surface area contributed by atoms with Crippen LogP contribution in [-0.2, 0) is 6.54 Å². The Balaban J connectivity index is 2.10. The van der Waals surface area contributed by atoms with Crippen LogP contribution in [0.3, 0.4) is 0 Å². The Kier molecular flexibility index (Phi) is 3.89. The summed E-state index contributed by atoms with van der Waals surface area (Å²) >= 11 is 8.61. The lowest BCUT2D eigenvalue weighted by atomic mass is 10.3. The average molecular weight is 362 g/mol.